The second-order valence-corrected chi connectivity index (χ2v) is 29.9. The van der Waals surface area contributed by atoms with Crippen LogP contribution in [0, 0.1) is 0 Å². The molecule has 7 heteroatoms. The highest BCUT2D eigenvalue weighted by atomic mass is 28.3. The molecule has 0 saturated heterocycles. The van der Waals surface area contributed by atoms with Crippen LogP contribution in [-0.4, -0.2) is 20.3 Å². The fraction of sp³-hybridized carbons (Fsp3) is 0.239. The van der Waals surface area contributed by atoms with Gasteiger partial charge in [0.2, 0.25) is 0 Å². The van der Waals surface area contributed by atoms with E-state index in [0.29, 0.717) is 0 Å². The Hall–Kier alpha value is -7.74. The van der Waals surface area contributed by atoms with Gasteiger partial charge in [-0.1, -0.05) is 212 Å². The average molecular weight is 1030 g/mol. The fourth-order valence-corrected chi connectivity index (χ4v) is 20.3. The molecule has 0 N–H and O–H groups in total. The summed E-state index contributed by atoms with van der Waals surface area (Å²) in [4.78, 5) is 8.05. The molecule has 0 amide bonds. The van der Waals surface area contributed by atoms with Crippen LogP contribution >= 0.6 is 0 Å². The van der Waals surface area contributed by atoms with Crippen LogP contribution in [0.1, 0.15) is 97.8 Å². The maximum absolute atomic E-state index is 7.44. The molecule has 2 unspecified atom stereocenters. The van der Waals surface area contributed by atoms with Crippen LogP contribution in [0.25, 0.3) is 43.9 Å². The molecule has 5 nitrogen and oxygen atoms in total. The minimum absolute atomic E-state index is 0.0376. The number of hydrogen-bond acceptors (Lipinski definition) is 5. The van der Waals surface area contributed by atoms with Crippen molar-refractivity contribution in [2.75, 3.05) is 14.7 Å². The molecule has 11 aromatic rings. The Labute approximate surface area is 459 Å². The van der Waals surface area contributed by atoms with Crippen molar-refractivity contribution in [1.82, 2.24) is 0 Å². The summed E-state index contributed by atoms with van der Waals surface area (Å²) in [5.41, 5.74) is 20.8. The number of anilines is 8. The molecule has 1 aliphatic carbocycles. The van der Waals surface area contributed by atoms with Gasteiger partial charge in [-0.05, 0) is 100 Å². The lowest BCUT2D eigenvalue weighted by molar-refractivity contribution is 0.195. The van der Waals surface area contributed by atoms with Gasteiger partial charge in [-0.2, -0.15) is 0 Å². The Morgan fingerprint density at radius 1 is 0.449 bits per heavy atom. The molecule has 1 saturated carbocycles. The van der Waals surface area contributed by atoms with E-state index in [-0.39, 0.29) is 28.5 Å². The third-order valence-electron chi connectivity index (χ3n) is 19.9. The summed E-state index contributed by atoms with van der Waals surface area (Å²) in [7, 11) is -2.73. The van der Waals surface area contributed by atoms with E-state index < -0.39 is 8.07 Å². The largest absolute Gasteiger partial charge is 0.454 e. The zero-order chi connectivity index (χ0) is 53.0. The summed E-state index contributed by atoms with van der Waals surface area (Å²) in [6.07, 6.45) is 4.68. The standard InChI is InChI=1S/C71H64BN3O2Si/c1-68(2,3)50-30-17-25-45-47-27-19-35-55(66(47)76-64(45)50)73-53-33-21-37-59-62(53)72-61-57(73)41-43(75-52-32-14-13-29-49(52)70(7)39-15-16-40-71(70,75)8)42-58(61)74(54-34-22-38-60(63(54)72)78(59,9)44-23-11-10-12-24-44)56-36-20-28-48-46-26-18-31-51(69(4,5)6)65(46)77-67(48)56/h10-14,17-38,41-42H,15-16,39-40H2,1-9H3. The molecular weight excluding hydrogens is 966 g/mol. The number of para-hydroxylation sites is 5. The predicted molar refractivity (Wildman–Crippen MR) is 332 cm³/mol. The molecule has 2 aromatic heterocycles. The summed E-state index contributed by atoms with van der Waals surface area (Å²) in [5.74, 6) is 0. The van der Waals surface area contributed by atoms with Crippen molar-refractivity contribution in [2.45, 2.75) is 109 Å². The van der Waals surface area contributed by atoms with Gasteiger partial charge in [-0.15, -0.1) is 0 Å². The van der Waals surface area contributed by atoms with Crippen molar-refractivity contribution in [3.05, 3.63) is 193 Å². The fourth-order valence-electron chi connectivity index (χ4n) is 16.1. The maximum Gasteiger partial charge on any atom is 0.251 e. The lowest BCUT2D eigenvalue weighted by Crippen LogP contribution is -2.83. The first-order valence-electron chi connectivity index (χ1n) is 28.5. The zero-order valence-electron chi connectivity index (χ0n) is 46.3. The molecule has 78 heavy (non-hydrogen) atoms. The van der Waals surface area contributed by atoms with Crippen molar-refractivity contribution in [3.8, 4) is 0 Å². The van der Waals surface area contributed by atoms with E-state index in [1.165, 1.54) is 95.6 Å². The third-order valence-corrected chi connectivity index (χ3v) is 24.4. The van der Waals surface area contributed by atoms with Gasteiger partial charge < -0.3 is 23.5 Å². The van der Waals surface area contributed by atoms with Gasteiger partial charge in [0.05, 0.1) is 16.9 Å². The van der Waals surface area contributed by atoms with Crippen LogP contribution in [0.3, 0.4) is 0 Å². The van der Waals surface area contributed by atoms with Crippen LogP contribution in [0.2, 0.25) is 6.55 Å². The van der Waals surface area contributed by atoms with E-state index in [9.17, 15) is 0 Å². The highest BCUT2D eigenvalue weighted by Gasteiger charge is 2.59. The van der Waals surface area contributed by atoms with Crippen molar-refractivity contribution in [3.63, 3.8) is 0 Å². The summed E-state index contributed by atoms with van der Waals surface area (Å²) in [6, 6.07) is 67.6. The van der Waals surface area contributed by atoms with Gasteiger partial charge in [0, 0.05) is 72.2 Å². The molecule has 5 aliphatic rings. The second-order valence-electron chi connectivity index (χ2n) is 26.0. The lowest BCUT2D eigenvalue weighted by Gasteiger charge is -2.52. The number of rotatable bonds is 4. The molecule has 1 fully saturated rings. The van der Waals surface area contributed by atoms with Gasteiger partial charge in [0.15, 0.2) is 11.2 Å². The SMILES string of the molecule is CC(C)(C)c1cccc2c1oc1c(N3c4cc(N5c6ccccc6C6(C)CCCCC56C)cc5c4B4c6c3cccc6[Si](C)(c3ccccc3)c3cccc(c34)N5c3cccc4c3oc3c(C(C)(C)C)cccc34)cccc12. The van der Waals surface area contributed by atoms with Crippen molar-refractivity contribution in [2.24, 2.45) is 0 Å². The number of hydrogen-bond donors (Lipinski definition) is 0. The molecule has 2 atom stereocenters. The van der Waals surface area contributed by atoms with E-state index in [2.05, 4.69) is 253 Å². The molecule has 0 radical (unpaired) electrons. The molecule has 16 rings (SSSR count). The Morgan fingerprint density at radius 2 is 0.897 bits per heavy atom. The van der Waals surface area contributed by atoms with Gasteiger partial charge >= 0.3 is 0 Å². The molecule has 0 spiro atoms. The molecule has 6 heterocycles. The number of furan rings is 2. The third kappa shape index (κ3) is 5.77. The minimum Gasteiger partial charge on any atom is -0.454 e. The van der Waals surface area contributed by atoms with Crippen molar-refractivity contribution < 1.29 is 8.83 Å². The first-order chi connectivity index (χ1) is 37.6. The highest BCUT2D eigenvalue weighted by molar-refractivity contribution is 7.21. The monoisotopic (exact) mass is 1030 g/mol. The van der Waals surface area contributed by atoms with Crippen LogP contribution < -0.4 is 46.6 Å². The normalized spacial score (nSPS) is 19.8. The van der Waals surface area contributed by atoms with Gasteiger partial charge in [0.1, 0.15) is 19.2 Å². The topological polar surface area (TPSA) is 36.0 Å². The molecular formula is C71H64BN3O2Si. The first-order valence-corrected chi connectivity index (χ1v) is 31.0. The Morgan fingerprint density at radius 3 is 1.44 bits per heavy atom. The lowest BCUT2D eigenvalue weighted by atomic mass is 9.33. The number of benzene rings is 9. The molecule has 0 bridgehead atoms. The Balaban J connectivity index is 1.08. The molecule has 4 aliphatic heterocycles. The van der Waals surface area contributed by atoms with Crippen LogP contribution in [0.5, 0.6) is 0 Å². The summed E-state index contributed by atoms with van der Waals surface area (Å²) < 4.78 is 14.9. The number of nitrogens with zero attached hydrogens (tertiary/aromatic N) is 3. The van der Waals surface area contributed by atoms with Crippen molar-refractivity contribution in [1.29, 1.82) is 0 Å². The first kappa shape index (κ1) is 46.4. The van der Waals surface area contributed by atoms with Crippen LogP contribution in [0.4, 0.5) is 45.5 Å². The van der Waals surface area contributed by atoms with Gasteiger partial charge in [0.25, 0.3) is 6.71 Å². The van der Waals surface area contributed by atoms with E-state index in [0.717, 1.165) is 68.1 Å². The van der Waals surface area contributed by atoms with Crippen molar-refractivity contribution >= 4 is 136 Å². The smallest absolute Gasteiger partial charge is 0.251 e. The van der Waals surface area contributed by atoms with E-state index in [1.807, 2.05) is 0 Å². The van der Waals surface area contributed by atoms with Crippen LogP contribution in [-0.2, 0) is 16.2 Å². The van der Waals surface area contributed by atoms with E-state index in [1.54, 1.807) is 0 Å². The number of fused-ring (bicyclic) bond motifs is 9. The molecule has 9 aromatic carbocycles. The average Bonchev–Trinajstić information content (AvgIpc) is 1.92. The Bertz CT molecular complexity index is 4190. The van der Waals surface area contributed by atoms with E-state index >= 15 is 0 Å². The summed E-state index contributed by atoms with van der Waals surface area (Å²) >= 11 is 0. The maximum atomic E-state index is 7.44. The Kier molecular flexibility index (Phi) is 9.22. The zero-order valence-corrected chi connectivity index (χ0v) is 47.3. The minimum atomic E-state index is -2.73. The highest BCUT2D eigenvalue weighted by Crippen LogP contribution is 2.62. The quantitative estimate of drug-likeness (QED) is 0.164. The van der Waals surface area contributed by atoms with Crippen LogP contribution in [0.15, 0.2) is 185 Å². The summed E-state index contributed by atoms with van der Waals surface area (Å²) in [5, 5.41) is 8.93. The second kappa shape index (κ2) is 15.5. The summed E-state index contributed by atoms with van der Waals surface area (Å²) in [6.45, 7) is 21.5. The van der Waals surface area contributed by atoms with E-state index in [4.69, 9.17) is 8.83 Å². The molecule has 382 valence electrons. The van der Waals surface area contributed by atoms with Gasteiger partial charge in [-0.3, -0.25) is 0 Å². The predicted octanol–water partition coefficient (Wildman–Crippen LogP) is 15.3. The van der Waals surface area contributed by atoms with Gasteiger partial charge in [-0.25, -0.2) is 0 Å².